The van der Waals surface area contributed by atoms with Crippen molar-refractivity contribution in [1.29, 1.82) is 0 Å². The molecule has 0 unspecified atom stereocenters. The van der Waals surface area contributed by atoms with Crippen molar-refractivity contribution in [2.24, 2.45) is 0 Å². The van der Waals surface area contributed by atoms with Gasteiger partial charge in [0.25, 0.3) is 0 Å². The van der Waals surface area contributed by atoms with Crippen LogP contribution >= 0.6 is 0 Å². The van der Waals surface area contributed by atoms with Crippen LogP contribution in [0.25, 0.3) is 100.0 Å². The van der Waals surface area contributed by atoms with Crippen molar-refractivity contribution in [3.05, 3.63) is 194 Å². The van der Waals surface area contributed by atoms with Gasteiger partial charge >= 0.3 is 0 Å². The molecule has 0 fully saturated rings. The molecule has 0 aliphatic rings. The van der Waals surface area contributed by atoms with Crippen molar-refractivity contribution in [3.8, 4) is 67.3 Å². The number of fused-ring (bicyclic) bond motifs is 4. The molecule has 0 N–H and O–H groups in total. The second-order valence-electron chi connectivity index (χ2n) is 13.3. The molecule has 3 heteroatoms. The molecule has 8 aromatic carbocycles. The lowest BCUT2D eigenvalue weighted by Crippen LogP contribution is -1.94. The summed E-state index contributed by atoms with van der Waals surface area (Å²) in [7, 11) is 0. The molecule has 10 aromatic rings. The molecule has 0 atom stereocenters. The molecule has 3 nitrogen and oxygen atoms in total. The molecule has 0 radical (unpaired) electrons. The molecule has 0 saturated carbocycles. The maximum Gasteiger partial charge on any atom is 0.227 e. The highest BCUT2D eigenvalue weighted by Gasteiger charge is 2.21. The highest BCUT2D eigenvalue weighted by Crippen LogP contribution is 2.46. The zero-order valence-corrected chi connectivity index (χ0v) is 28.8. The molecule has 0 aliphatic heterocycles. The summed E-state index contributed by atoms with van der Waals surface area (Å²) in [6, 6.07) is 68.1. The van der Waals surface area contributed by atoms with Crippen LogP contribution in [0.4, 0.5) is 0 Å². The predicted octanol–water partition coefficient (Wildman–Crippen LogP) is 13.5. The van der Waals surface area contributed by atoms with Gasteiger partial charge in [0.15, 0.2) is 5.58 Å². The first-order chi connectivity index (χ1) is 26.3. The van der Waals surface area contributed by atoms with Crippen molar-refractivity contribution in [2.45, 2.75) is 0 Å². The van der Waals surface area contributed by atoms with Gasteiger partial charge in [0.1, 0.15) is 5.52 Å². The van der Waals surface area contributed by atoms with E-state index in [4.69, 9.17) is 14.4 Å². The van der Waals surface area contributed by atoms with E-state index in [-0.39, 0.29) is 0 Å². The van der Waals surface area contributed by atoms with Gasteiger partial charge in [-0.15, -0.1) is 0 Å². The fourth-order valence-corrected chi connectivity index (χ4v) is 7.62. The van der Waals surface area contributed by atoms with Gasteiger partial charge in [0.05, 0.1) is 11.4 Å². The van der Waals surface area contributed by atoms with Crippen LogP contribution in [0, 0.1) is 0 Å². The molecule has 0 spiro atoms. The highest BCUT2D eigenvalue weighted by atomic mass is 16.3. The fraction of sp³-hybridized carbons (Fsp3) is 0. The monoisotopic (exact) mass is 676 g/mol. The Morgan fingerprint density at radius 2 is 0.887 bits per heavy atom. The lowest BCUT2D eigenvalue weighted by atomic mass is 9.84. The van der Waals surface area contributed by atoms with Crippen LogP contribution in [0.3, 0.4) is 0 Å². The van der Waals surface area contributed by atoms with Gasteiger partial charge in [-0.2, -0.15) is 0 Å². The number of hydrogen-bond acceptors (Lipinski definition) is 3. The van der Waals surface area contributed by atoms with Crippen molar-refractivity contribution in [2.75, 3.05) is 0 Å². The minimum absolute atomic E-state index is 0.618. The number of nitrogens with zero attached hydrogens (tertiary/aromatic N) is 2. The van der Waals surface area contributed by atoms with E-state index in [1.165, 1.54) is 10.8 Å². The van der Waals surface area contributed by atoms with Crippen LogP contribution in [-0.4, -0.2) is 9.97 Å². The van der Waals surface area contributed by atoms with Gasteiger partial charge < -0.3 is 4.42 Å². The Hall–Kier alpha value is -7.10. The quantitative estimate of drug-likeness (QED) is 0.176. The van der Waals surface area contributed by atoms with E-state index in [0.29, 0.717) is 5.89 Å². The van der Waals surface area contributed by atoms with Crippen molar-refractivity contribution >= 4 is 32.6 Å². The van der Waals surface area contributed by atoms with Crippen molar-refractivity contribution in [1.82, 2.24) is 9.97 Å². The predicted molar refractivity (Wildman–Crippen MR) is 219 cm³/mol. The largest absolute Gasteiger partial charge is 0.436 e. The topological polar surface area (TPSA) is 38.9 Å². The van der Waals surface area contributed by atoms with E-state index in [9.17, 15) is 0 Å². The Labute approximate surface area is 307 Å². The second kappa shape index (κ2) is 12.9. The first-order valence-corrected chi connectivity index (χ1v) is 17.9. The molecular formula is C50H32N2O. The zero-order valence-electron chi connectivity index (χ0n) is 28.8. The van der Waals surface area contributed by atoms with Gasteiger partial charge in [0, 0.05) is 22.1 Å². The van der Waals surface area contributed by atoms with Crippen LogP contribution in [0.1, 0.15) is 0 Å². The molecule has 0 saturated heterocycles. The SMILES string of the molecule is c1ccc(-c2cc(-c3ccccc3-c3ccc4ccccc4c3-c3cc4oc(-c5ccccc5)nc4c4ccccc34)cc(-c3ccccc3)n2)cc1. The molecule has 53 heavy (non-hydrogen) atoms. The Morgan fingerprint density at radius 3 is 1.57 bits per heavy atom. The molecule has 2 aromatic heterocycles. The first kappa shape index (κ1) is 30.7. The second-order valence-corrected chi connectivity index (χ2v) is 13.3. The van der Waals surface area contributed by atoms with Crippen LogP contribution < -0.4 is 0 Å². The summed E-state index contributed by atoms with van der Waals surface area (Å²) in [5.74, 6) is 0.618. The van der Waals surface area contributed by atoms with Gasteiger partial charge in [-0.25, -0.2) is 9.97 Å². The number of rotatable bonds is 6. The Morgan fingerprint density at radius 1 is 0.340 bits per heavy atom. The molecule has 0 amide bonds. The summed E-state index contributed by atoms with van der Waals surface area (Å²) in [5.41, 5.74) is 13.4. The van der Waals surface area contributed by atoms with E-state index >= 15 is 0 Å². The van der Waals surface area contributed by atoms with Gasteiger partial charge in [-0.05, 0) is 79.9 Å². The molecule has 2 heterocycles. The van der Waals surface area contributed by atoms with Crippen LogP contribution in [0.5, 0.6) is 0 Å². The number of aromatic nitrogens is 2. The summed E-state index contributed by atoms with van der Waals surface area (Å²) >= 11 is 0. The average Bonchev–Trinajstić information content (AvgIpc) is 3.69. The van der Waals surface area contributed by atoms with Crippen LogP contribution in [0.2, 0.25) is 0 Å². The third kappa shape index (κ3) is 5.47. The number of oxazole rings is 1. The maximum absolute atomic E-state index is 6.57. The lowest BCUT2D eigenvalue weighted by Gasteiger charge is -2.19. The third-order valence-electron chi connectivity index (χ3n) is 10.1. The molecular weight excluding hydrogens is 645 g/mol. The number of hydrogen-bond donors (Lipinski definition) is 0. The Balaban J connectivity index is 1.25. The summed E-state index contributed by atoms with van der Waals surface area (Å²) in [6.07, 6.45) is 0. The van der Waals surface area contributed by atoms with Gasteiger partial charge in [-0.1, -0.05) is 164 Å². The molecule has 0 aliphatic carbocycles. The minimum atomic E-state index is 0.618. The lowest BCUT2D eigenvalue weighted by molar-refractivity contribution is 0.620. The van der Waals surface area contributed by atoms with E-state index in [2.05, 4.69) is 152 Å². The zero-order chi connectivity index (χ0) is 35.1. The normalized spacial score (nSPS) is 11.4. The van der Waals surface area contributed by atoms with Crippen LogP contribution in [0.15, 0.2) is 199 Å². The fourth-order valence-electron chi connectivity index (χ4n) is 7.62. The van der Waals surface area contributed by atoms with Crippen LogP contribution in [-0.2, 0) is 0 Å². The molecule has 248 valence electrons. The van der Waals surface area contributed by atoms with E-state index in [1.807, 2.05) is 42.5 Å². The average molecular weight is 677 g/mol. The minimum Gasteiger partial charge on any atom is -0.436 e. The van der Waals surface area contributed by atoms with Gasteiger partial charge in [-0.3, -0.25) is 0 Å². The third-order valence-corrected chi connectivity index (χ3v) is 10.1. The molecule has 10 rings (SSSR count). The van der Waals surface area contributed by atoms with E-state index < -0.39 is 0 Å². The standard InChI is InChI=1S/C50H32N2O/c1-4-17-34(18-5-1)45-30-37(31-46(51-45)35-19-6-2-7-20-35)38-23-12-13-25-40(38)42-29-28-33-16-10-11-24-39(33)48(42)44-32-47-49(43-27-15-14-26-41(43)44)52-50(53-47)36-21-8-3-9-22-36/h1-32H. The van der Waals surface area contributed by atoms with E-state index in [1.54, 1.807) is 0 Å². The van der Waals surface area contributed by atoms with E-state index in [0.717, 1.165) is 83.3 Å². The Bertz CT molecular complexity index is 2870. The Kier molecular flexibility index (Phi) is 7.47. The summed E-state index contributed by atoms with van der Waals surface area (Å²) in [6.45, 7) is 0. The maximum atomic E-state index is 6.57. The summed E-state index contributed by atoms with van der Waals surface area (Å²) in [4.78, 5) is 10.2. The summed E-state index contributed by atoms with van der Waals surface area (Å²) < 4.78 is 6.57. The highest BCUT2D eigenvalue weighted by molar-refractivity contribution is 6.17. The van der Waals surface area contributed by atoms with Gasteiger partial charge in [0.2, 0.25) is 5.89 Å². The summed E-state index contributed by atoms with van der Waals surface area (Å²) in [5, 5.41) is 4.55. The van der Waals surface area contributed by atoms with Crippen molar-refractivity contribution < 1.29 is 4.42 Å². The smallest absolute Gasteiger partial charge is 0.227 e. The number of pyridine rings is 1. The number of benzene rings is 8. The van der Waals surface area contributed by atoms with Crippen molar-refractivity contribution in [3.63, 3.8) is 0 Å². The first-order valence-electron chi connectivity index (χ1n) is 17.9. The molecule has 0 bridgehead atoms.